The minimum atomic E-state index is -0.155. The Morgan fingerprint density at radius 1 is 1.41 bits per heavy atom. The molecule has 0 unspecified atom stereocenters. The number of fused-ring (bicyclic) bond motifs is 1. The van der Waals surface area contributed by atoms with Gasteiger partial charge in [-0.1, -0.05) is 33.2 Å². The number of nitrogens with zero attached hydrogens (tertiary/aromatic N) is 1. The number of rotatable bonds is 1. The minimum Gasteiger partial charge on any atom is -0.391 e. The van der Waals surface area contributed by atoms with Crippen molar-refractivity contribution < 1.29 is 9.63 Å². The molecule has 0 radical (unpaired) electrons. The van der Waals surface area contributed by atoms with Gasteiger partial charge >= 0.3 is 0 Å². The first kappa shape index (κ1) is 11.0. The third-order valence-corrected chi connectivity index (χ3v) is 3.83. The molecule has 2 atom stereocenters. The molecule has 0 bridgehead atoms. The van der Waals surface area contributed by atoms with Gasteiger partial charge < -0.3 is 4.84 Å². The molecule has 17 heavy (non-hydrogen) atoms. The Bertz CT molecular complexity index is 498. The van der Waals surface area contributed by atoms with Crippen molar-refractivity contribution in [3.8, 4) is 0 Å². The van der Waals surface area contributed by atoms with Gasteiger partial charge in [0.15, 0.2) is 0 Å². The van der Waals surface area contributed by atoms with E-state index in [4.69, 9.17) is 4.84 Å². The summed E-state index contributed by atoms with van der Waals surface area (Å²) in [6.45, 7) is 0. The van der Waals surface area contributed by atoms with E-state index in [1.807, 2.05) is 24.3 Å². The van der Waals surface area contributed by atoms with Gasteiger partial charge in [-0.15, -0.1) is 0 Å². The summed E-state index contributed by atoms with van der Waals surface area (Å²) < 4.78 is 0.990. The van der Waals surface area contributed by atoms with Crippen LogP contribution in [0.4, 0.5) is 0 Å². The number of carbonyl (C=O) groups excluding carboxylic acids is 1. The van der Waals surface area contributed by atoms with E-state index in [-0.39, 0.29) is 17.8 Å². The molecule has 3 nitrogen and oxygen atoms in total. The summed E-state index contributed by atoms with van der Waals surface area (Å²) in [6.07, 6.45) is 2.46. The van der Waals surface area contributed by atoms with E-state index >= 15 is 0 Å². The average Bonchev–Trinajstić information content (AvgIpc) is 2.74. The number of halogens is 1. The highest BCUT2D eigenvalue weighted by molar-refractivity contribution is 9.10. The fourth-order valence-electron chi connectivity index (χ4n) is 2.51. The van der Waals surface area contributed by atoms with Crippen LogP contribution in [-0.4, -0.2) is 17.6 Å². The zero-order chi connectivity index (χ0) is 11.8. The highest BCUT2D eigenvalue weighted by Gasteiger charge is 2.42. The molecule has 0 saturated heterocycles. The Kier molecular flexibility index (Phi) is 2.74. The standard InChI is InChI=1S/C13H12BrNO2/c14-9-4-1-3-8(7-9)13-12-10(16)5-2-6-11(12)17-15-13/h1,3-4,7,11-12H,2,5-6H2/t11-,12+/m0/s1. The van der Waals surface area contributed by atoms with Gasteiger partial charge in [0, 0.05) is 16.5 Å². The minimum absolute atomic E-state index is 0.0368. The second-order valence-electron chi connectivity index (χ2n) is 4.47. The van der Waals surface area contributed by atoms with Gasteiger partial charge in [-0.05, 0) is 25.0 Å². The smallest absolute Gasteiger partial charge is 0.145 e. The van der Waals surface area contributed by atoms with Crippen LogP contribution in [0.1, 0.15) is 24.8 Å². The quantitative estimate of drug-likeness (QED) is 0.798. The van der Waals surface area contributed by atoms with Gasteiger partial charge in [-0.2, -0.15) is 0 Å². The second-order valence-corrected chi connectivity index (χ2v) is 5.38. The molecule has 3 rings (SSSR count). The van der Waals surface area contributed by atoms with Crippen molar-refractivity contribution in [2.45, 2.75) is 25.4 Å². The maximum Gasteiger partial charge on any atom is 0.145 e. The number of carbonyl (C=O) groups is 1. The molecule has 1 aromatic carbocycles. The molecule has 1 fully saturated rings. The summed E-state index contributed by atoms with van der Waals surface area (Å²) >= 11 is 3.43. The first-order valence-corrected chi connectivity index (χ1v) is 6.57. The fraction of sp³-hybridized carbons (Fsp3) is 0.385. The van der Waals surface area contributed by atoms with E-state index in [9.17, 15) is 4.79 Å². The number of hydrogen-bond acceptors (Lipinski definition) is 3. The van der Waals surface area contributed by atoms with E-state index in [1.165, 1.54) is 0 Å². The summed E-state index contributed by atoms with van der Waals surface area (Å²) in [5, 5.41) is 4.12. The van der Waals surface area contributed by atoms with Gasteiger partial charge in [0.25, 0.3) is 0 Å². The van der Waals surface area contributed by atoms with Crippen LogP contribution in [0.5, 0.6) is 0 Å². The lowest BCUT2D eigenvalue weighted by molar-refractivity contribution is -0.126. The second kappa shape index (κ2) is 4.26. The number of benzene rings is 1. The Balaban J connectivity index is 1.96. The molecule has 2 aliphatic rings. The van der Waals surface area contributed by atoms with Crippen LogP contribution < -0.4 is 0 Å². The van der Waals surface area contributed by atoms with Gasteiger partial charge in [-0.25, -0.2) is 0 Å². The Morgan fingerprint density at radius 3 is 3.12 bits per heavy atom. The van der Waals surface area contributed by atoms with Gasteiger partial charge in [0.2, 0.25) is 0 Å². The van der Waals surface area contributed by atoms with E-state index in [0.717, 1.165) is 28.6 Å². The normalized spacial score (nSPS) is 27.4. The zero-order valence-electron chi connectivity index (χ0n) is 9.23. The summed E-state index contributed by atoms with van der Waals surface area (Å²) in [6, 6.07) is 7.85. The predicted octanol–water partition coefficient (Wildman–Crippen LogP) is 2.92. The molecule has 1 aliphatic heterocycles. The third-order valence-electron chi connectivity index (χ3n) is 3.33. The third kappa shape index (κ3) is 1.90. The maximum absolute atomic E-state index is 12.0. The molecule has 0 spiro atoms. The van der Waals surface area contributed by atoms with E-state index < -0.39 is 0 Å². The molecule has 4 heteroatoms. The van der Waals surface area contributed by atoms with Crippen molar-refractivity contribution >= 4 is 27.4 Å². The molecular formula is C13H12BrNO2. The van der Waals surface area contributed by atoms with E-state index in [1.54, 1.807) is 0 Å². The Labute approximate surface area is 108 Å². The van der Waals surface area contributed by atoms with E-state index in [2.05, 4.69) is 21.1 Å². The summed E-state index contributed by atoms with van der Waals surface area (Å²) in [5.74, 6) is 0.107. The molecule has 1 aromatic rings. The van der Waals surface area contributed by atoms with Crippen LogP contribution >= 0.6 is 15.9 Å². The number of hydrogen-bond donors (Lipinski definition) is 0. The summed E-state index contributed by atoms with van der Waals surface area (Å²) in [7, 11) is 0. The summed E-state index contributed by atoms with van der Waals surface area (Å²) in [5.41, 5.74) is 1.77. The van der Waals surface area contributed by atoms with Gasteiger partial charge in [0.1, 0.15) is 23.5 Å². The SMILES string of the molecule is O=C1CCC[C@@H]2ON=C(c3cccc(Br)c3)[C@H]12. The molecular weight excluding hydrogens is 282 g/mol. The molecule has 0 aromatic heterocycles. The zero-order valence-corrected chi connectivity index (χ0v) is 10.8. The molecule has 1 heterocycles. The average molecular weight is 294 g/mol. The lowest BCUT2D eigenvalue weighted by Gasteiger charge is -2.22. The van der Waals surface area contributed by atoms with Gasteiger partial charge in [-0.3, -0.25) is 4.79 Å². The molecule has 88 valence electrons. The maximum atomic E-state index is 12.0. The predicted molar refractivity (Wildman–Crippen MR) is 67.9 cm³/mol. The van der Waals surface area contributed by atoms with Crippen molar-refractivity contribution in [2.24, 2.45) is 11.1 Å². The fourth-order valence-corrected chi connectivity index (χ4v) is 2.91. The van der Waals surface area contributed by atoms with Gasteiger partial charge in [0.05, 0.1) is 0 Å². The summed E-state index contributed by atoms with van der Waals surface area (Å²) in [4.78, 5) is 17.4. The first-order chi connectivity index (χ1) is 8.25. The molecule has 0 amide bonds. The topological polar surface area (TPSA) is 38.7 Å². The van der Waals surface area contributed by atoms with Crippen LogP contribution in [0, 0.1) is 5.92 Å². The van der Waals surface area contributed by atoms with Crippen LogP contribution in [-0.2, 0) is 9.63 Å². The Morgan fingerprint density at radius 2 is 2.29 bits per heavy atom. The highest BCUT2D eigenvalue weighted by atomic mass is 79.9. The van der Waals surface area contributed by atoms with Crippen LogP contribution in [0.3, 0.4) is 0 Å². The molecule has 1 saturated carbocycles. The number of oxime groups is 1. The lowest BCUT2D eigenvalue weighted by Crippen LogP contribution is -2.35. The van der Waals surface area contributed by atoms with Crippen LogP contribution in [0.2, 0.25) is 0 Å². The monoisotopic (exact) mass is 293 g/mol. The van der Waals surface area contributed by atoms with Crippen LogP contribution in [0.25, 0.3) is 0 Å². The van der Waals surface area contributed by atoms with Crippen molar-refractivity contribution in [1.82, 2.24) is 0 Å². The van der Waals surface area contributed by atoms with E-state index in [0.29, 0.717) is 6.42 Å². The lowest BCUT2D eigenvalue weighted by atomic mass is 9.81. The Hall–Kier alpha value is -1.16. The molecule has 0 N–H and O–H groups in total. The largest absolute Gasteiger partial charge is 0.391 e. The molecule has 1 aliphatic carbocycles. The van der Waals surface area contributed by atoms with Crippen molar-refractivity contribution in [3.63, 3.8) is 0 Å². The number of Topliss-reactive ketones (excluding diaryl/α,β-unsaturated/α-hetero) is 1. The van der Waals surface area contributed by atoms with Crippen molar-refractivity contribution in [2.75, 3.05) is 0 Å². The van der Waals surface area contributed by atoms with Crippen molar-refractivity contribution in [1.29, 1.82) is 0 Å². The highest BCUT2D eigenvalue weighted by Crippen LogP contribution is 2.33. The van der Waals surface area contributed by atoms with Crippen LogP contribution in [0.15, 0.2) is 33.9 Å². The van der Waals surface area contributed by atoms with Crippen molar-refractivity contribution in [3.05, 3.63) is 34.3 Å². The number of ketones is 1. The first-order valence-electron chi connectivity index (χ1n) is 5.78.